The number of ether oxygens (including phenoxy) is 1. The molecule has 3 rings (SSSR count). The van der Waals surface area contributed by atoms with E-state index in [0.29, 0.717) is 19.6 Å². The molecule has 2 aromatic rings. The van der Waals surface area contributed by atoms with Crippen LogP contribution in [0.3, 0.4) is 0 Å². The van der Waals surface area contributed by atoms with Crippen LogP contribution in [0.15, 0.2) is 48.7 Å². The monoisotopic (exact) mass is 325 g/mol. The van der Waals surface area contributed by atoms with E-state index < -0.39 is 0 Å². The van der Waals surface area contributed by atoms with Crippen LogP contribution in [0.1, 0.15) is 24.6 Å². The second kappa shape index (κ2) is 7.93. The average Bonchev–Trinajstić information content (AvgIpc) is 2.99. The minimum atomic E-state index is 0.210. The average molecular weight is 325 g/mol. The smallest absolute Gasteiger partial charge is 0.224 e. The maximum absolute atomic E-state index is 11.8. The number of pyridine rings is 1. The maximum atomic E-state index is 11.8. The number of carbonyl (C=O) groups excluding carboxylic acids is 1. The number of likely N-dealkylation sites (tertiary alicyclic amines) is 1. The molecule has 5 heteroatoms. The molecular formula is C19H23N3O2. The molecule has 5 nitrogen and oxygen atoms in total. The van der Waals surface area contributed by atoms with Gasteiger partial charge in [-0.2, -0.15) is 0 Å². The third-order valence-corrected chi connectivity index (χ3v) is 4.25. The van der Waals surface area contributed by atoms with Crippen molar-refractivity contribution in [3.63, 3.8) is 0 Å². The molecule has 2 heterocycles. The van der Waals surface area contributed by atoms with Crippen molar-refractivity contribution in [3.05, 3.63) is 59.9 Å². The van der Waals surface area contributed by atoms with Gasteiger partial charge in [0.25, 0.3) is 0 Å². The number of benzene rings is 1. The van der Waals surface area contributed by atoms with Crippen molar-refractivity contribution in [3.8, 4) is 5.75 Å². The number of nitrogens with one attached hydrogen (secondary N) is 1. The van der Waals surface area contributed by atoms with E-state index in [0.717, 1.165) is 30.1 Å². The molecule has 0 saturated carbocycles. The van der Waals surface area contributed by atoms with E-state index in [1.54, 1.807) is 6.20 Å². The zero-order valence-electron chi connectivity index (χ0n) is 13.9. The molecule has 1 unspecified atom stereocenters. The highest BCUT2D eigenvalue weighted by Gasteiger charge is 2.27. The number of hydrogen-bond acceptors (Lipinski definition) is 4. The molecule has 0 aliphatic carbocycles. The SMILES string of the molecule is CCN1CC(NCc2ccccc2OCc2ccccn2)CC1=O. The summed E-state index contributed by atoms with van der Waals surface area (Å²) in [6.45, 7) is 4.71. The van der Waals surface area contributed by atoms with Gasteiger partial charge in [0.15, 0.2) is 0 Å². The van der Waals surface area contributed by atoms with Gasteiger partial charge in [0.1, 0.15) is 12.4 Å². The van der Waals surface area contributed by atoms with Crippen molar-refractivity contribution < 1.29 is 9.53 Å². The first kappa shape index (κ1) is 16.5. The van der Waals surface area contributed by atoms with Gasteiger partial charge in [-0.3, -0.25) is 9.78 Å². The highest BCUT2D eigenvalue weighted by atomic mass is 16.5. The van der Waals surface area contributed by atoms with Gasteiger partial charge >= 0.3 is 0 Å². The summed E-state index contributed by atoms with van der Waals surface area (Å²) in [7, 11) is 0. The lowest BCUT2D eigenvalue weighted by atomic mass is 10.1. The number of hydrogen-bond donors (Lipinski definition) is 1. The molecule has 24 heavy (non-hydrogen) atoms. The van der Waals surface area contributed by atoms with Crippen molar-refractivity contribution >= 4 is 5.91 Å². The van der Waals surface area contributed by atoms with Gasteiger partial charge in [0.05, 0.1) is 5.69 Å². The van der Waals surface area contributed by atoms with Crippen LogP contribution in [-0.4, -0.2) is 34.9 Å². The quantitative estimate of drug-likeness (QED) is 0.849. The summed E-state index contributed by atoms with van der Waals surface area (Å²) in [5.41, 5.74) is 2.00. The fourth-order valence-electron chi connectivity index (χ4n) is 2.89. The van der Waals surface area contributed by atoms with Crippen LogP contribution >= 0.6 is 0 Å². The Morgan fingerprint density at radius 1 is 1.25 bits per heavy atom. The molecule has 0 bridgehead atoms. The lowest BCUT2D eigenvalue weighted by Gasteiger charge is -2.16. The summed E-state index contributed by atoms with van der Waals surface area (Å²) in [5.74, 6) is 1.09. The van der Waals surface area contributed by atoms with Crippen molar-refractivity contribution in [2.45, 2.75) is 32.5 Å². The Labute approximate surface area is 142 Å². The number of amides is 1. The van der Waals surface area contributed by atoms with E-state index >= 15 is 0 Å². The maximum Gasteiger partial charge on any atom is 0.224 e. The predicted molar refractivity (Wildman–Crippen MR) is 92.5 cm³/mol. The first-order chi connectivity index (χ1) is 11.8. The molecule has 1 saturated heterocycles. The van der Waals surface area contributed by atoms with Crippen LogP contribution in [0.2, 0.25) is 0 Å². The van der Waals surface area contributed by atoms with E-state index in [9.17, 15) is 4.79 Å². The predicted octanol–water partition coefficient (Wildman–Crippen LogP) is 2.37. The Hall–Kier alpha value is -2.40. The van der Waals surface area contributed by atoms with Gasteiger partial charge < -0.3 is 15.0 Å². The topological polar surface area (TPSA) is 54.5 Å². The molecule has 126 valence electrons. The number of rotatable bonds is 7. The molecule has 1 atom stereocenters. The van der Waals surface area contributed by atoms with E-state index in [-0.39, 0.29) is 11.9 Å². The fourth-order valence-corrected chi connectivity index (χ4v) is 2.89. The third kappa shape index (κ3) is 4.11. The van der Waals surface area contributed by atoms with Crippen LogP contribution in [-0.2, 0) is 17.9 Å². The molecule has 1 aromatic carbocycles. The summed E-state index contributed by atoms with van der Waals surface area (Å²) < 4.78 is 5.92. The summed E-state index contributed by atoms with van der Waals surface area (Å²) in [4.78, 5) is 18.0. The van der Waals surface area contributed by atoms with Crippen LogP contribution in [0.25, 0.3) is 0 Å². The molecule has 1 aromatic heterocycles. The molecule has 0 spiro atoms. The first-order valence-electron chi connectivity index (χ1n) is 8.38. The molecule has 1 N–H and O–H groups in total. The highest BCUT2D eigenvalue weighted by Crippen LogP contribution is 2.20. The number of likely N-dealkylation sites (N-methyl/N-ethyl adjacent to an activating group) is 1. The normalized spacial score (nSPS) is 17.3. The Morgan fingerprint density at radius 2 is 2.08 bits per heavy atom. The number of para-hydroxylation sites is 1. The molecular weight excluding hydrogens is 302 g/mol. The van der Waals surface area contributed by atoms with Crippen LogP contribution in [0.4, 0.5) is 0 Å². The zero-order chi connectivity index (χ0) is 16.8. The van der Waals surface area contributed by atoms with E-state index in [1.807, 2.05) is 48.2 Å². The standard InChI is InChI=1S/C19H23N3O2/c1-2-22-13-17(11-19(22)23)21-12-15-7-3-4-9-18(15)24-14-16-8-5-6-10-20-16/h3-10,17,21H,2,11-14H2,1H3. The van der Waals surface area contributed by atoms with E-state index in [4.69, 9.17) is 4.74 Å². The van der Waals surface area contributed by atoms with Crippen LogP contribution in [0, 0.1) is 0 Å². The third-order valence-electron chi connectivity index (χ3n) is 4.25. The van der Waals surface area contributed by atoms with Gasteiger partial charge in [-0.15, -0.1) is 0 Å². The van der Waals surface area contributed by atoms with Gasteiger partial charge in [0.2, 0.25) is 5.91 Å². The van der Waals surface area contributed by atoms with E-state index in [2.05, 4.69) is 16.4 Å². The number of nitrogens with zero attached hydrogens (tertiary/aromatic N) is 2. The van der Waals surface area contributed by atoms with Crippen molar-refractivity contribution in [2.75, 3.05) is 13.1 Å². The van der Waals surface area contributed by atoms with Gasteiger partial charge in [-0.25, -0.2) is 0 Å². The first-order valence-corrected chi connectivity index (χ1v) is 8.38. The minimum Gasteiger partial charge on any atom is -0.487 e. The van der Waals surface area contributed by atoms with Gasteiger partial charge in [-0.1, -0.05) is 24.3 Å². The molecule has 1 aliphatic heterocycles. The molecule has 1 amide bonds. The van der Waals surface area contributed by atoms with Gasteiger partial charge in [0, 0.05) is 43.9 Å². The van der Waals surface area contributed by atoms with Gasteiger partial charge in [-0.05, 0) is 25.1 Å². The fraction of sp³-hybridized carbons (Fsp3) is 0.368. The number of carbonyl (C=O) groups is 1. The van der Waals surface area contributed by atoms with Crippen LogP contribution < -0.4 is 10.1 Å². The summed E-state index contributed by atoms with van der Waals surface area (Å²) >= 11 is 0. The number of aromatic nitrogens is 1. The highest BCUT2D eigenvalue weighted by molar-refractivity contribution is 5.79. The minimum absolute atomic E-state index is 0.210. The Kier molecular flexibility index (Phi) is 5.43. The molecule has 1 aliphatic rings. The Bertz CT molecular complexity index is 675. The summed E-state index contributed by atoms with van der Waals surface area (Å²) in [6, 6.07) is 14.0. The summed E-state index contributed by atoms with van der Waals surface area (Å²) in [6.07, 6.45) is 2.34. The lowest BCUT2D eigenvalue weighted by Crippen LogP contribution is -2.32. The molecule has 0 radical (unpaired) electrons. The van der Waals surface area contributed by atoms with Crippen molar-refractivity contribution in [1.29, 1.82) is 0 Å². The zero-order valence-corrected chi connectivity index (χ0v) is 13.9. The lowest BCUT2D eigenvalue weighted by molar-refractivity contribution is -0.127. The Morgan fingerprint density at radius 3 is 2.83 bits per heavy atom. The van der Waals surface area contributed by atoms with E-state index in [1.165, 1.54) is 0 Å². The second-order valence-corrected chi connectivity index (χ2v) is 5.93. The van der Waals surface area contributed by atoms with Crippen LogP contribution in [0.5, 0.6) is 5.75 Å². The molecule has 1 fully saturated rings. The van der Waals surface area contributed by atoms with Crippen molar-refractivity contribution in [2.24, 2.45) is 0 Å². The van der Waals surface area contributed by atoms with Crippen molar-refractivity contribution in [1.82, 2.24) is 15.2 Å². The summed E-state index contributed by atoms with van der Waals surface area (Å²) in [5, 5.41) is 3.47. The Balaban J connectivity index is 1.57. The largest absolute Gasteiger partial charge is 0.487 e. The second-order valence-electron chi connectivity index (χ2n) is 5.93.